The number of hydrogen-bond acceptors (Lipinski definition) is 5. The number of nitrogens with zero attached hydrogens (tertiary/aromatic N) is 4. The topological polar surface area (TPSA) is 73.8 Å². The van der Waals surface area contributed by atoms with Crippen LogP contribution in [0.15, 0.2) is 63.5 Å². The van der Waals surface area contributed by atoms with Crippen LogP contribution in [0.4, 0.5) is 0 Å². The fourth-order valence-electron chi connectivity index (χ4n) is 3.57. The average molecular weight is 466 g/mol. The molecular formula is C22H16ClN5OS2. The van der Waals surface area contributed by atoms with E-state index in [4.69, 9.17) is 17.0 Å². The molecule has 0 radical (unpaired) electrons. The Bertz CT molecular complexity index is 1320. The van der Waals surface area contributed by atoms with Crippen LogP contribution in [0.3, 0.4) is 0 Å². The number of fused-ring (bicyclic) bond motifs is 1. The van der Waals surface area contributed by atoms with Crippen molar-refractivity contribution in [3.63, 3.8) is 0 Å². The number of aromatic nitrogens is 1. The van der Waals surface area contributed by atoms with Crippen LogP contribution < -0.4 is 0 Å². The van der Waals surface area contributed by atoms with Crippen LogP contribution in [-0.2, 0) is 4.79 Å². The second-order valence-corrected chi connectivity index (χ2v) is 9.38. The predicted molar refractivity (Wildman–Crippen MR) is 129 cm³/mol. The fourth-order valence-corrected chi connectivity index (χ4v) is 5.38. The summed E-state index contributed by atoms with van der Waals surface area (Å²) in [5, 5.41) is 18.4. The number of carbonyl (C=O) groups is 1. The van der Waals surface area contributed by atoms with Crippen LogP contribution in [0.25, 0.3) is 11.8 Å². The summed E-state index contributed by atoms with van der Waals surface area (Å²) in [6.07, 6.45) is 1.73. The Morgan fingerprint density at radius 1 is 1.16 bits per heavy atom. The van der Waals surface area contributed by atoms with Crippen molar-refractivity contribution >= 4 is 62.7 Å². The Labute approximate surface area is 192 Å². The highest BCUT2D eigenvalue weighted by Gasteiger charge is 2.36. The van der Waals surface area contributed by atoms with Gasteiger partial charge in [-0.1, -0.05) is 17.7 Å². The molecule has 2 aliphatic heterocycles. The van der Waals surface area contributed by atoms with E-state index >= 15 is 0 Å². The maximum absolute atomic E-state index is 12.7. The number of rotatable bonds is 3. The molecule has 0 bridgehead atoms. The van der Waals surface area contributed by atoms with Gasteiger partial charge in [-0.2, -0.15) is 15.1 Å². The number of thiophene rings is 1. The molecule has 0 fully saturated rings. The molecule has 2 aliphatic rings. The quantitative estimate of drug-likeness (QED) is 0.521. The molecular weight excluding hydrogens is 450 g/mol. The molecule has 3 aromatic rings. The normalized spacial score (nSPS) is 17.3. The molecule has 4 heterocycles. The third-order valence-corrected chi connectivity index (χ3v) is 7.24. The fraction of sp³-hybridized carbons (Fsp3) is 0.0909. The number of thioether (sulfide) groups is 1. The van der Waals surface area contributed by atoms with Gasteiger partial charge in [0.25, 0.3) is 5.91 Å². The van der Waals surface area contributed by atoms with Gasteiger partial charge in [-0.05, 0) is 79.0 Å². The van der Waals surface area contributed by atoms with Gasteiger partial charge in [0.1, 0.15) is 5.04 Å². The van der Waals surface area contributed by atoms with Gasteiger partial charge >= 0.3 is 0 Å². The van der Waals surface area contributed by atoms with Crippen molar-refractivity contribution in [1.82, 2.24) is 9.58 Å². The molecule has 0 unspecified atom stereocenters. The minimum Gasteiger partial charge on any atom is -0.318 e. The Hall–Kier alpha value is -2.94. The number of benzene rings is 1. The molecule has 5 rings (SSSR count). The van der Waals surface area contributed by atoms with Gasteiger partial charge in [-0.3, -0.25) is 10.2 Å². The van der Waals surface area contributed by atoms with E-state index in [0.29, 0.717) is 10.2 Å². The maximum atomic E-state index is 12.7. The van der Waals surface area contributed by atoms with Gasteiger partial charge in [-0.15, -0.1) is 11.3 Å². The third-order valence-electron chi connectivity index (χ3n) is 5.04. The molecule has 0 saturated carbocycles. The molecule has 0 atom stereocenters. The summed E-state index contributed by atoms with van der Waals surface area (Å²) < 4.78 is 2.09. The highest BCUT2D eigenvalue weighted by molar-refractivity contribution is 8.27. The molecule has 154 valence electrons. The Balaban J connectivity index is 1.52. The van der Waals surface area contributed by atoms with Crippen LogP contribution >= 0.6 is 34.7 Å². The van der Waals surface area contributed by atoms with E-state index in [9.17, 15) is 4.79 Å². The number of hydrazone groups is 1. The monoisotopic (exact) mass is 465 g/mol. The summed E-state index contributed by atoms with van der Waals surface area (Å²) in [7, 11) is 0. The van der Waals surface area contributed by atoms with E-state index in [1.807, 2.05) is 61.7 Å². The number of amides is 1. The van der Waals surface area contributed by atoms with E-state index in [-0.39, 0.29) is 11.4 Å². The predicted octanol–water partition coefficient (Wildman–Crippen LogP) is 5.48. The highest BCUT2D eigenvalue weighted by atomic mass is 35.5. The zero-order valence-corrected chi connectivity index (χ0v) is 19.0. The van der Waals surface area contributed by atoms with Gasteiger partial charge in [0.2, 0.25) is 5.17 Å². The number of aryl methyl sites for hydroxylation is 1. The molecule has 0 spiro atoms. The van der Waals surface area contributed by atoms with Crippen LogP contribution in [0, 0.1) is 19.3 Å². The molecule has 9 heteroatoms. The number of hydrogen-bond donors (Lipinski definition) is 1. The number of amidine groups is 2. The van der Waals surface area contributed by atoms with Gasteiger partial charge in [0, 0.05) is 22.1 Å². The summed E-state index contributed by atoms with van der Waals surface area (Å²) in [6, 6.07) is 13.5. The smallest absolute Gasteiger partial charge is 0.283 e. The van der Waals surface area contributed by atoms with Gasteiger partial charge in [0.15, 0.2) is 5.84 Å². The lowest BCUT2D eigenvalue weighted by atomic mass is 10.1. The van der Waals surface area contributed by atoms with Crippen molar-refractivity contribution in [3.05, 3.63) is 80.3 Å². The van der Waals surface area contributed by atoms with E-state index in [0.717, 1.165) is 32.6 Å². The highest BCUT2D eigenvalue weighted by Crippen LogP contribution is 2.33. The zero-order valence-electron chi connectivity index (χ0n) is 16.6. The van der Waals surface area contributed by atoms with Crippen molar-refractivity contribution in [2.24, 2.45) is 10.1 Å². The number of aliphatic imine (C=N–C) groups is 1. The van der Waals surface area contributed by atoms with Crippen molar-refractivity contribution in [2.75, 3.05) is 0 Å². The first-order valence-corrected chi connectivity index (χ1v) is 11.5. The lowest BCUT2D eigenvalue weighted by Crippen LogP contribution is -2.35. The third kappa shape index (κ3) is 3.46. The molecule has 0 saturated heterocycles. The summed E-state index contributed by atoms with van der Waals surface area (Å²) in [5.74, 6) is -0.395. The van der Waals surface area contributed by atoms with Gasteiger partial charge in [0.05, 0.1) is 10.5 Å². The second kappa shape index (κ2) is 7.64. The molecule has 31 heavy (non-hydrogen) atoms. The van der Waals surface area contributed by atoms with E-state index in [1.165, 1.54) is 16.8 Å². The van der Waals surface area contributed by atoms with Crippen molar-refractivity contribution < 1.29 is 4.79 Å². The minimum atomic E-state index is -0.428. The van der Waals surface area contributed by atoms with E-state index in [2.05, 4.69) is 14.7 Å². The number of halogens is 1. The summed E-state index contributed by atoms with van der Waals surface area (Å²) in [4.78, 5) is 17.9. The summed E-state index contributed by atoms with van der Waals surface area (Å²) >= 11 is 8.89. The second-order valence-electron chi connectivity index (χ2n) is 7.04. The van der Waals surface area contributed by atoms with Crippen molar-refractivity contribution in [3.8, 4) is 5.69 Å². The first-order valence-electron chi connectivity index (χ1n) is 9.41. The number of carbonyl (C=O) groups excluding carboxylic acids is 1. The Morgan fingerprint density at radius 2 is 1.94 bits per heavy atom. The lowest BCUT2D eigenvalue weighted by molar-refractivity contribution is -0.114. The zero-order chi connectivity index (χ0) is 21.7. The molecule has 6 nitrogen and oxygen atoms in total. The van der Waals surface area contributed by atoms with Crippen LogP contribution in [0.1, 0.15) is 21.8 Å². The van der Waals surface area contributed by atoms with E-state index in [1.54, 1.807) is 17.4 Å². The first kappa shape index (κ1) is 20.0. The molecule has 2 aromatic heterocycles. The molecule has 1 amide bonds. The summed E-state index contributed by atoms with van der Waals surface area (Å²) in [6.45, 7) is 3.99. The van der Waals surface area contributed by atoms with Crippen LogP contribution in [0.2, 0.25) is 5.02 Å². The van der Waals surface area contributed by atoms with Crippen LogP contribution in [0.5, 0.6) is 0 Å². The van der Waals surface area contributed by atoms with Crippen LogP contribution in [-0.4, -0.2) is 31.5 Å². The first-order chi connectivity index (χ1) is 14.9. The summed E-state index contributed by atoms with van der Waals surface area (Å²) in [5.41, 5.74) is 4.03. The Morgan fingerprint density at radius 3 is 2.65 bits per heavy atom. The average Bonchev–Trinajstić information content (AvgIpc) is 3.46. The SMILES string of the molecule is Cc1cc(/C=C2/C(=N)N3N=C(c4cccs4)SC3=NC2=O)c(C)n1-c1ccc(Cl)cc1. The molecule has 1 aromatic carbocycles. The Kier molecular flexibility index (Phi) is 4.92. The van der Waals surface area contributed by atoms with Crippen molar-refractivity contribution in [1.29, 1.82) is 5.41 Å². The molecule has 0 aliphatic carbocycles. The van der Waals surface area contributed by atoms with E-state index < -0.39 is 5.91 Å². The maximum Gasteiger partial charge on any atom is 0.283 e. The molecule has 1 N–H and O–H groups in total. The standard InChI is InChI=1S/C22H16ClN5OS2/c1-12-10-14(13(2)27(12)16-7-5-15(23)6-8-16)11-17-19(24)28-22(25-20(17)29)31-21(26-28)18-4-3-9-30-18/h3-11,24H,1-2H3/b17-11-,24-19?. The largest absolute Gasteiger partial charge is 0.318 e. The van der Waals surface area contributed by atoms with Gasteiger partial charge in [-0.25, -0.2) is 0 Å². The lowest BCUT2D eigenvalue weighted by Gasteiger charge is -2.20. The minimum absolute atomic E-state index is 0.0327. The van der Waals surface area contributed by atoms with Crippen molar-refractivity contribution in [2.45, 2.75) is 13.8 Å². The van der Waals surface area contributed by atoms with Gasteiger partial charge < -0.3 is 4.57 Å². The number of nitrogens with one attached hydrogen (secondary N) is 1.